The summed E-state index contributed by atoms with van der Waals surface area (Å²) in [6.45, 7) is 2.30. The molecule has 0 spiro atoms. The summed E-state index contributed by atoms with van der Waals surface area (Å²) < 4.78 is 1.63. The van der Waals surface area contributed by atoms with Crippen LogP contribution in [0.5, 0.6) is 0 Å². The number of carboxylic acids is 1. The third-order valence-corrected chi connectivity index (χ3v) is 3.20. The molecule has 0 radical (unpaired) electrons. The summed E-state index contributed by atoms with van der Waals surface area (Å²) in [5, 5.41) is 8.80. The predicted molar refractivity (Wildman–Crippen MR) is 59.4 cm³/mol. The molecule has 1 N–H and O–H groups in total. The molecular weight excluding hydrogens is 206 g/mol. The van der Waals surface area contributed by atoms with Crippen LogP contribution in [0.15, 0.2) is 23.1 Å². The van der Waals surface area contributed by atoms with E-state index in [1.165, 1.54) is 0 Å². The predicted octanol–water partition coefficient (Wildman–Crippen LogP) is 1.41. The first kappa shape index (κ1) is 10.9. The van der Waals surface area contributed by atoms with Crippen LogP contribution in [0.1, 0.15) is 24.8 Å². The van der Waals surface area contributed by atoms with E-state index in [0.29, 0.717) is 12.1 Å². The number of aromatic nitrogens is 1. The van der Waals surface area contributed by atoms with Gasteiger partial charge in [-0.15, -0.1) is 0 Å². The Bertz CT molecular complexity index is 471. The standard InChI is InChI=1S/C12H15NO3/c1-9-3-2-6-13(11(9)16)8-12(4-5-12)7-10(14)15/h2-3,6H,4-5,7-8H2,1H3,(H,14,15). The average molecular weight is 221 g/mol. The van der Waals surface area contributed by atoms with Crippen molar-refractivity contribution in [2.75, 3.05) is 0 Å². The van der Waals surface area contributed by atoms with Crippen molar-refractivity contribution in [3.8, 4) is 0 Å². The van der Waals surface area contributed by atoms with Gasteiger partial charge in [-0.1, -0.05) is 6.07 Å². The van der Waals surface area contributed by atoms with E-state index in [1.807, 2.05) is 6.07 Å². The fourth-order valence-corrected chi connectivity index (χ4v) is 2.03. The molecule has 1 aromatic heterocycles. The lowest BCUT2D eigenvalue weighted by Crippen LogP contribution is -2.26. The molecule has 1 heterocycles. The van der Waals surface area contributed by atoms with Crippen LogP contribution < -0.4 is 5.56 Å². The zero-order chi connectivity index (χ0) is 11.8. The van der Waals surface area contributed by atoms with Crippen molar-refractivity contribution in [1.29, 1.82) is 0 Å². The summed E-state index contributed by atoms with van der Waals surface area (Å²) in [4.78, 5) is 22.5. The molecule has 0 aromatic carbocycles. The Morgan fingerprint density at radius 3 is 2.81 bits per heavy atom. The second-order valence-electron chi connectivity index (χ2n) is 4.69. The Hall–Kier alpha value is -1.58. The van der Waals surface area contributed by atoms with Gasteiger partial charge in [0.05, 0.1) is 6.42 Å². The minimum atomic E-state index is -0.779. The van der Waals surface area contributed by atoms with Gasteiger partial charge in [0, 0.05) is 18.3 Å². The number of hydrogen-bond acceptors (Lipinski definition) is 2. The SMILES string of the molecule is Cc1cccn(CC2(CC(=O)O)CC2)c1=O. The van der Waals surface area contributed by atoms with Crippen molar-refractivity contribution in [3.63, 3.8) is 0 Å². The Kier molecular flexibility index (Phi) is 2.58. The number of nitrogens with zero attached hydrogens (tertiary/aromatic N) is 1. The van der Waals surface area contributed by atoms with Crippen molar-refractivity contribution in [3.05, 3.63) is 34.2 Å². The first-order valence-corrected chi connectivity index (χ1v) is 5.40. The molecule has 1 aliphatic carbocycles. The van der Waals surface area contributed by atoms with Gasteiger partial charge in [0.15, 0.2) is 0 Å². The van der Waals surface area contributed by atoms with Crippen molar-refractivity contribution in [2.45, 2.75) is 32.7 Å². The van der Waals surface area contributed by atoms with Crippen molar-refractivity contribution >= 4 is 5.97 Å². The van der Waals surface area contributed by atoms with Gasteiger partial charge >= 0.3 is 5.97 Å². The van der Waals surface area contributed by atoms with Gasteiger partial charge in [-0.2, -0.15) is 0 Å². The molecule has 0 aliphatic heterocycles. The van der Waals surface area contributed by atoms with Crippen LogP contribution in [0.4, 0.5) is 0 Å². The molecule has 4 heteroatoms. The molecule has 0 unspecified atom stereocenters. The highest BCUT2D eigenvalue weighted by atomic mass is 16.4. The van der Waals surface area contributed by atoms with Crippen molar-refractivity contribution < 1.29 is 9.90 Å². The third kappa shape index (κ3) is 2.15. The average Bonchev–Trinajstić information content (AvgIpc) is 2.92. The first-order valence-electron chi connectivity index (χ1n) is 5.40. The second-order valence-corrected chi connectivity index (χ2v) is 4.69. The number of pyridine rings is 1. The Morgan fingerprint density at radius 2 is 2.25 bits per heavy atom. The van der Waals surface area contributed by atoms with Gasteiger partial charge in [0.1, 0.15) is 0 Å². The Balaban J connectivity index is 2.18. The molecule has 1 aliphatic rings. The lowest BCUT2D eigenvalue weighted by atomic mass is 10.0. The van der Waals surface area contributed by atoms with E-state index in [9.17, 15) is 9.59 Å². The molecule has 1 saturated carbocycles. The minimum Gasteiger partial charge on any atom is -0.481 e. The van der Waals surface area contributed by atoms with E-state index >= 15 is 0 Å². The van der Waals surface area contributed by atoms with Gasteiger partial charge in [-0.25, -0.2) is 0 Å². The Labute approximate surface area is 93.5 Å². The Morgan fingerprint density at radius 1 is 1.56 bits per heavy atom. The maximum Gasteiger partial charge on any atom is 0.303 e. The van der Waals surface area contributed by atoms with E-state index in [0.717, 1.165) is 12.8 Å². The molecule has 0 bridgehead atoms. The molecule has 0 amide bonds. The molecule has 1 fully saturated rings. The number of carbonyl (C=O) groups is 1. The summed E-state index contributed by atoms with van der Waals surface area (Å²) in [7, 11) is 0. The largest absolute Gasteiger partial charge is 0.481 e. The van der Waals surface area contributed by atoms with E-state index in [4.69, 9.17) is 5.11 Å². The number of aliphatic carboxylic acids is 1. The zero-order valence-corrected chi connectivity index (χ0v) is 9.27. The van der Waals surface area contributed by atoms with Crippen LogP contribution in [0.2, 0.25) is 0 Å². The molecule has 1 aromatic rings. The molecule has 4 nitrogen and oxygen atoms in total. The smallest absolute Gasteiger partial charge is 0.303 e. The summed E-state index contributed by atoms with van der Waals surface area (Å²) in [5.74, 6) is -0.779. The molecule has 0 atom stereocenters. The molecule has 16 heavy (non-hydrogen) atoms. The summed E-state index contributed by atoms with van der Waals surface area (Å²) in [5.41, 5.74) is 0.511. The molecular formula is C12H15NO3. The fourth-order valence-electron chi connectivity index (χ4n) is 2.03. The lowest BCUT2D eigenvalue weighted by molar-refractivity contribution is -0.138. The van der Waals surface area contributed by atoms with Crippen molar-refractivity contribution in [1.82, 2.24) is 4.57 Å². The van der Waals surface area contributed by atoms with Gasteiger partial charge < -0.3 is 9.67 Å². The van der Waals surface area contributed by atoms with Gasteiger partial charge in [0.25, 0.3) is 5.56 Å². The first-order chi connectivity index (χ1) is 7.52. The van der Waals surface area contributed by atoms with E-state index < -0.39 is 5.97 Å². The van der Waals surface area contributed by atoms with Crippen LogP contribution in [0, 0.1) is 12.3 Å². The van der Waals surface area contributed by atoms with E-state index in [-0.39, 0.29) is 17.4 Å². The van der Waals surface area contributed by atoms with Gasteiger partial charge in [-0.05, 0) is 31.2 Å². The number of carboxylic acid groups (broad SMARTS) is 1. The fraction of sp³-hybridized carbons (Fsp3) is 0.500. The monoisotopic (exact) mass is 221 g/mol. The van der Waals surface area contributed by atoms with Gasteiger partial charge in [-0.3, -0.25) is 9.59 Å². The summed E-state index contributed by atoms with van der Waals surface area (Å²) in [6, 6.07) is 3.60. The maximum absolute atomic E-state index is 11.8. The quantitative estimate of drug-likeness (QED) is 0.836. The van der Waals surface area contributed by atoms with E-state index in [2.05, 4.69) is 0 Å². The lowest BCUT2D eigenvalue weighted by Gasteiger charge is -2.14. The molecule has 0 saturated heterocycles. The van der Waals surface area contributed by atoms with E-state index in [1.54, 1.807) is 23.8 Å². The van der Waals surface area contributed by atoms with Crippen molar-refractivity contribution in [2.24, 2.45) is 5.41 Å². The highest BCUT2D eigenvalue weighted by Gasteiger charge is 2.44. The highest BCUT2D eigenvalue weighted by molar-refractivity contribution is 5.68. The zero-order valence-electron chi connectivity index (χ0n) is 9.27. The summed E-state index contributed by atoms with van der Waals surface area (Å²) in [6.07, 6.45) is 3.70. The third-order valence-electron chi connectivity index (χ3n) is 3.20. The maximum atomic E-state index is 11.8. The van der Waals surface area contributed by atoms with Crippen LogP contribution in [0.3, 0.4) is 0 Å². The number of hydrogen-bond donors (Lipinski definition) is 1. The number of rotatable bonds is 4. The van der Waals surface area contributed by atoms with Crippen LogP contribution >= 0.6 is 0 Å². The normalized spacial score (nSPS) is 17.1. The second kappa shape index (κ2) is 3.77. The van der Waals surface area contributed by atoms with Crippen LogP contribution in [-0.4, -0.2) is 15.6 Å². The molecule has 86 valence electrons. The summed E-state index contributed by atoms with van der Waals surface area (Å²) >= 11 is 0. The van der Waals surface area contributed by atoms with Crippen LogP contribution in [0.25, 0.3) is 0 Å². The minimum absolute atomic E-state index is 0.0147. The molecule has 2 rings (SSSR count). The highest BCUT2D eigenvalue weighted by Crippen LogP contribution is 2.49. The topological polar surface area (TPSA) is 59.3 Å². The van der Waals surface area contributed by atoms with Crippen LogP contribution in [-0.2, 0) is 11.3 Å². The number of aryl methyl sites for hydroxylation is 1. The van der Waals surface area contributed by atoms with Gasteiger partial charge in [0.2, 0.25) is 0 Å².